The minimum Gasteiger partial charge on any atom is -0.496 e. The van der Waals surface area contributed by atoms with Gasteiger partial charge in [0.2, 0.25) is 0 Å². The van der Waals surface area contributed by atoms with E-state index in [4.69, 9.17) is 4.74 Å². The Labute approximate surface area is 136 Å². The fraction of sp³-hybridized carbons (Fsp3) is 0.600. The number of hydrogen-bond donors (Lipinski definition) is 0. The maximum Gasteiger partial charge on any atom is 0.126 e. The van der Waals surface area contributed by atoms with E-state index in [9.17, 15) is 0 Å². The van der Waals surface area contributed by atoms with Gasteiger partial charge in [0.15, 0.2) is 0 Å². The average Bonchev–Trinajstić information content (AvgIpc) is 2.75. The van der Waals surface area contributed by atoms with Crippen LogP contribution in [-0.4, -0.2) is 15.2 Å². The summed E-state index contributed by atoms with van der Waals surface area (Å²) >= 11 is 0. The van der Waals surface area contributed by atoms with Crippen molar-refractivity contribution in [3.05, 3.63) is 34.5 Å². The topological polar surface area (TPSA) is 9.23 Å². The molecular formula is C20H30OSi. The van der Waals surface area contributed by atoms with E-state index in [0.29, 0.717) is 10.8 Å². The number of fused-ring (bicyclic) bond motifs is 2. The fourth-order valence-corrected chi connectivity index (χ4v) is 8.53. The van der Waals surface area contributed by atoms with E-state index in [1.165, 1.54) is 17.5 Å². The molecule has 0 unspecified atom stereocenters. The van der Waals surface area contributed by atoms with Crippen molar-refractivity contribution in [2.45, 2.75) is 59.2 Å². The van der Waals surface area contributed by atoms with Gasteiger partial charge in [-0.1, -0.05) is 70.7 Å². The molecule has 1 saturated carbocycles. The Kier molecular flexibility index (Phi) is 3.09. The molecule has 1 nitrogen and oxygen atoms in total. The Bertz CT molecular complexity index is 645. The summed E-state index contributed by atoms with van der Waals surface area (Å²) < 4.78 is 5.69. The zero-order valence-corrected chi connectivity index (χ0v) is 16.4. The van der Waals surface area contributed by atoms with Crippen molar-refractivity contribution in [3.8, 4) is 5.75 Å². The molecule has 1 aromatic carbocycles. The minimum atomic E-state index is -1.43. The van der Waals surface area contributed by atoms with Crippen molar-refractivity contribution >= 4 is 14.1 Å². The minimum absolute atomic E-state index is 0.175. The van der Waals surface area contributed by atoms with Gasteiger partial charge in [-0.3, -0.25) is 0 Å². The van der Waals surface area contributed by atoms with Crippen LogP contribution < -0.4 is 4.74 Å². The van der Waals surface area contributed by atoms with E-state index in [1.807, 2.05) is 0 Å². The number of rotatable bonds is 2. The molecule has 1 aromatic rings. The Balaban J connectivity index is 2.37. The van der Waals surface area contributed by atoms with Crippen molar-refractivity contribution in [2.24, 2.45) is 10.8 Å². The summed E-state index contributed by atoms with van der Waals surface area (Å²) in [5, 5.41) is 1.71. The predicted molar refractivity (Wildman–Crippen MR) is 98.2 cm³/mol. The van der Waals surface area contributed by atoms with Gasteiger partial charge in [-0.2, -0.15) is 0 Å². The highest BCUT2D eigenvalue weighted by Crippen LogP contribution is 2.75. The summed E-state index contributed by atoms with van der Waals surface area (Å²) in [7, 11) is 0.356. The van der Waals surface area contributed by atoms with Crippen LogP contribution in [0.15, 0.2) is 23.4 Å². The second kappa shape index (κ2) is 4.28. The van der Waals surface area contributed by atoms with Crippen LogP contribution in [0.1, 0.15) is 45.2 Å². The molecule has 0 atom stereocenters. The summed E-state index contributed by atoms with van der Waals surface area (Å²) in [6.45, 7) is 17.3. The van der Waals surface area contributed by atoms with Gasteiger partial charge in [-0.25, -0.2) is 0 Å². The number of methoxy groups -OCH3 is 1. The van der Waals surface area contributed by atoms with E-state index in [0.717, 1.165) is 5.75 Å². The first-order chi connectivity index (χ1) is 9.99. The van der Waals surface area contributed by atoms with E-state index in [1.54, 1.807) is 12.3 Å². The smallest absolute Gasteiger partial charge is 0.126 e. The van der Waals surface area contributed by atoms with Crippen LogP contribution in [0.4, 0.5) is 0 Å². The molecule has 3 rings (SSSR count). The third kappa shape index (κ3) is 1.65. The van der Waals surface area contributed by atoms with Gasteiger partial charge in [0.1, 0.15) is 5.75 Å². The number of benzene rings is 1. The van der Waals surface area contributed by atoms with Crippen molar-refractivity contribution in [3.63, 3.8) is 0 Å². The summed E-state index contributed by atoms with van der Waals surface area (Å²) in [6.07, 6.45) is 3.77. The molecule has 2 aliphatic rings. The van der Waals surface area contributed by atoms with Crippen molar-refractivity contribution < 1.29 is 4.74 Å². The van der Waals surface area contributed by atoms with Crippen molar-refractivity contribution in [2.75, 3.05) is 7.11 Å². The Morgan fingerprint density at radius 2 is 1.59 bits per heavy atom. The highest BCUT2D eigenvalue weighted by molar-refractivity contribution is 6.84. The van der Waals surface area contributed by atoms with Crippen LogP contribution in [-0.2, 0) is 5.41 Å². The summed E-state index contributed by atoms with van der Waals surface area (Å²) in [5.74, 6) is 1.03. The van der Waals surface area contributed by atoms with Crippen LogP contribution in [0, 0.1) is 10.8 Å². The number of hydrogen-bond acceptors (Lipinski definition) is 1. The standard InChI is InChI=1S/C20H30OSi/c1-18(2)13-19(3,4)20(18)15-10-9-11-16(21-5)14(15)12-17(20)22(6,7)8/h9-12H,13H2,1-8H3. The molecule has 2 heteroatoms. The first kappa shape index (κ1) is 15.9. The zero-order chi connectivity index (χ0) is 16.6. The number of allylic oxidation sites excluding steroid dienone is 1. The fourth-order valence-electron chi connectivity index (χ4n) is 6.01. The van der Waals surface area contributed by atoms with Crippen LogP contribution >= 0.6 is 0 Å². The largest absolute Gasteiger partial charge is 0.496 e. The Morgan fingerprint density at radius 1 is 1.00 bits per heavy atom. The molecule has 0 aromatic heterocycles. The molecule has 22 heavy (non-hydrogen) atoms. The highest BCUT2D eigenvalue weighted by Gasteiger charge is 2.70. The third-order valence-corrected chi connectivity index (χ3v) is 8.24. The Hall–Kier alpha value is -1.02. The highest BCUT2D eigenvalue weighted by atomic mass is 28.3. The van der Waals surface area contributed by atoms with E-state index < -0.39 is 8.07 Å². The van der Waals surface area contributed by atoms with Crippen molar-refractivity contribution in [1.29, 1.82) is 0 Å². The molecule has 0 radical (unpaired) electrons. The second-order valence-corrected chi connectivity index (χ2v) is 14.5. The van der Waals surface area contributed by atoms with Crippen molar-refractivity contribution in [1.82, 2.24) is 0 Å². The summed E-state index contributed by atoms with van der Waals surface area (Å²) in [5.41, 5.74) is 3.63. The molecule has 2 aliphatic carbocycles. The lowest BCUT2D eigenvalue weighted by atomic mass is 9.37. The Morgan fingerprint density at radius 3 is 2.05 bits per heavy atom. The first-order valence-corrected chi connectivity index (χ1v) is 11.9. The van der Waals surface area contributed by atoms with Gasteiger partial charge >= 0.3 is 0 Å². The average molecular weight is 315 g/mol. The lowest BCUT2D eigenvalue weighted by molar-refractivity contribution is -0.0852. The lowest BCUT2D eigenvalue weighted by Gasteiger charge is -2.69. The van der Waals surface area contributed by atoms with Crippen LogP contribution in [0.5, 0.6) is 5.75 Å². The lowest BCUT2D eigenvalue weighted by Crippen LogP contribution is -2.66. The van der Waals surface area contributed by atoms with Gasteiger partial charge in [-0.05, 0) is 28.9 Å². The van der Waals surface area contributed by atoms with Gasteiger partial charge in [0, 0.05) is 11.0 Å². The van der Waals surface area contributed by atoms with Crippen LogP contribution in [0.2, 0.25) is 19.6 Å². The molecule has 1 fully saturated rings. The molecule has 120 valence electrons. The van der Waals surface area contributed by atoms with Crippen LogP contribution in [0.25, 0.3) is 6.08 Å². The molecule has 0 saturated heterocycles. The van der Waals surface area contributed by atoms with Gasteiger partial charge in [0.05, 0.1) is 15.2 Å². The second-order valence-electron chi connectivity index (χ2n) is 9.42. The molecule has 0 amide bonds. The molecular weight excluding hydrogens is 284 g/mol. The molecule has 0 heterocycles. The van der Waals surface area contributed by atoms with Crippen LogP contribution in [0.3, 0.4) is 0 Å². The normalized spacial score (nSPS) is 23.7. The molecule has 0 N–H and O–H groups in total. The van der Waals surface area contributed by atoms with E-state index in [2.05, 4.69) is 71.6 Å². The maximum atomic E-state index is 5.69. The third-order valence-electron chi connectivity index (χ3n) is 6.10. The van der Waals surface area contributed by atoms with E-state index in [-0.39, 0.29) is 5.41 Å². The SMILES string of the molecule is COc1cccc2c1C=C([Si](C)(C)C)C21C(C)(C)CC1(C)C. The maximum absolute atomic E-state index is 5.69. The molecule has 0 aliphatic heterocycles. The summed E-state index contributed by atoms with van der Waals surface area (Å²) in [4.78, 5) is 0. The zero-order valence-electron chi connectivity index (χ0n) is 15.4. The van der Waals surface area contributed by atoms with Gasteiger partial charge < -0.3 is 4.74 Å². The van der Waals surface area contributed by atoms with Gasteiger partial charge in [0.25, 0.3) is 0 Å². The monoisotopic (exact) mass is 314 g/mol. The van der Waals surface area contributed by atoms with Gasteiger partial charge in [-0.15, -0.1) is 0 Å². The van der Waals surface area contributed by atoms with E-state index >= 15 is 0 Å². The molecule has 1 spiro atoms. The predicted octanol–water partition coefficient (Wildman–Crippen LogP) is 5.66. The molecule has 0 bridgehead atoms. The quantitative estimate of drug-likeness (QED) is 0.640. The first-order valence-electron chi connectivity index (χ1n) is 8.39. The number of ether oxygens (including phenoxy) is 1. The summed E-state index contributed by atoms with van der Waals surface area (Å²) in [6, 6.07) is 6.63.